The normalized spacial score (nSPS) is 19.7. The van der Waals surface area contributed by atoms with Crippen LogP contribution in [-0.2, 0) is 16.0 Å². The second-order valence-electron chi connectivity index (χ2n) is 4.49. The van der Waals surface area contributed by atoms with E-state index in [4.69, 9.17) is 0 Å². The number of benzene rings is 1. The molecule has 0 aromatic heterocycles. The number of amides is 2. The van der Waals surface area contributed by atoms with Crippen LogP contribution >= 0.6 is 0 Å². The molecular formula is C14H17NO3. The Morgan fingerprint density at radius 3 is 2.78 bits per heavy atom. The second kappa shape index (κ2) is 5.67. The highest BCUT2D eigenvalue weighted by Gasteiger charge is 2.33. The number of piperidine rings is 1. The minimum absolute atomic E-state index is 0.111. The van der Waals surface area contributed by atoms with Crippen LogP contribution in [0.5, 0.6) is 0 Å². The molecule has 2 rings (SSSR count). The van der Waals surface area contributed by atoms with Gasteiger partial charge in [0.25, 0.3) is 0 Å². The number of likely N-dealkylation sites (tertiary alicyclic amines) is 1. The third kappa shape index (κ3) is 2.70. The van der Waals surface area contributed by atoms with Gasteiger partial charge in [-0.1, -0.05) is 30.3 Å². The van der Waals surface area contributed by atoms with Crippen molar-refractivity contribution < 1.29 is 14.3 Å². The van der Waals surface area contributed by atoms with Crippen LogP contribution in [0.2, 0.25) is 0 Å². The highest BCUT2D eigenvalue weighted by molar-refractivity contribution is 5.93. The van der Waals surface area contributed by atoms with Gasteiger partial charge in [-0.3, -0.25) is 4.79 Å². The zero-order chi connectivity index (χ0) is 13.0. The van der Waals surface area contributed by atoms with Gasteiger partial charge in [0.2, 0.25) is 5.91 Å². The molecule has 1 atom stereocenters. The Morgan fingerprint density at radius 1 is 1.39 bits per heavy atom. The van der Waals surface area contributed by atoms with Crippen molar-refractivity contribution in [3.63, 3.8) is 0 Å². The maximum atomic E-state index is 12.2. The molecule has 1 aromatic carbocycles. The first-order chi connectivity index (χ1) is 8.72. The van der Waals surface area contributed by atoms with Crippen LogP contribution in [0.1, 0.15) is 18.4 Å². The van der Waals surface area contributed by atoms with Gasteiger partial charge in [-0.15, -0.1) is 0 Å². The molecule has 0 radical (unpaired) electrons. The molecule has 0 spiro atoms. The summed E-state index contributed by atoms with van der Waals surface area (Å²) in [6, 6.07) is 9.88. The van der Waals surface area contributed by atoms with Crippen molar-refractivity contribution in [1.29, 1.82) is 0 Å². The van der Waals surface area contributed by atoms with Gasteiger partial charge in [0.15, 0.2) is 0 Å². The number of hydrogen-bond acceptors (Lipinski definition) is 3. The maximum Gasteiger partial charge on any atom is 0.416 e. The Kier molecular flexibility index (Phi) is 3.97. The molecule has 96 valence electrons. The summed E-state index contributed by atoms with van der Waals surface area (Å²) >= 11 is 0. The van der Waals surface area contributed by atoms with Crippen LogP contribution in [0.3, 0.4) is 0 Å². The zero-order valence-electron chi connectivity index (χ0n) is 10.5. The lowest BCUT2D eigenvalue weighted by molar-refractivity contribution is -0.136. The highest BCUT2D eigenvalue weighted by Crippen LogP contribution is 2.22. The van der Waals surface area contributed by atoms with E-state index in [9.17, 15) is 9.59 Å². The minimum atomic E-state index is -0.544. The van der Waals surface area contributed by atoms with Gasteiger partial charge in [0, 0.05) is 12.5 Å². The number of rotatable bonds is 2. The molecule has 1 aliphatic heterocycles. The molecule has 1 aliphatic rings. The van der Waals surface area contributed by atoms with Gasteiger partial charge >= 0.3 is 6.09 Å². The van der Waals surface area contributed by atoms with E-state index in [1.54, 1.807) is 0 Å². The minimum Gasteiger partial charge on any atom is -0.452 e. The van der Waals surface area contributed by atoms with E-state index in [0.717, 1.165) is 18.4 Å². The van der Waals surface area contributed by atoms with Gasteiger partial charge in [-0.2, -0.15) is 0 Å². The Balaban J connectivity index is 2.05. The molecule has 0 bridgehead atoms. The van der Waals surface area contributed by atoms with Crippen LogP contribution in [-0.4, -0.2) is 30.6 Å². The molecule has 1 saturated heterocycles. The number of methoxy groups -OCH3 is 1. The summed E-state index contributed by atoms with van der Waals surface area (Å²) in [5, 5.41) is 0. The van der Waals surface area contributed by atoms with Gasteiger partial charge in [-0.25, -0.2) is 9.69 Å². The van der Waals surface area contributed by atoms with E-state index in [0.29, 0.717) is 13.0 Å². The third-order valence-electron chi connectivity index (χ3n) is 3.27. The van der Waals surface area contributed by atoms with Gasteiger partial charge in [0.05, 0.1) is 7.11 Å². The van der Waals surface area contributed by atoms with Crippen molar-refractivity contribution in [2.45, 2.75) is 19.3 Å². The quantitative estimate of drug-likeness (QED) is 0.805. The first-order valence-electron chi connectivity index (χ1n) is 6.15. The number of nitrogens with zero attached hydrogens (tertiary/aromatic N) is 1. The number of imide groups is 1. The lowest BCUT2D eigenvalue weighted by Gasteiger charge is -2.29. The van der Waals surface area contributed by atoms with Crippen molar-refractivity contribution >= 4 is 12.0 Å². The summed E-state index contributed by atoms with van der Waals surface area (Å²) in [5.74, 6) is -0.225. The first-order valence-corrected chi connectivity index (χ1v) is 6.15. The number of carbonyl (C=O) groups excluding carboxylic acids is 2. The molecule has 0 N–H and O–H groups in total. The van der Waals surface area contributed by atoms with E-state index in [-0.39, 0.29) is 11.8 Å². The molecule has 18 heavy (non-hydrogen) atoms. The molecule has 4 heteroatoms. The lowest BCUT2D eigenvalue weighted by atomic mass is 9.91. The number of hydrogen-bond donors (Lipinski definition) is 0. The van der Waals surface area contributed by atoms with Gasteiger partial charge in [0.1, 0.15) is 0 Å². The van der Waals surface area contributed by atoms with Crippen molar-refractivity contribution in [2.75, 3.05) is 13.7 Å². The molecule has 0 unspecified atom stereocenters. The van der Waals surface area contributed by atoms with Crippen molar-refractivity contribution in [3.8, 4) is 0 Å². The Hall–Kier alpha value is -1.84. The average Bonchev–Trinajstić information content (AvgIpc) is 2.41. The summed E-state index contributed by atoms with van der Waals surface area (Å²) in [6.07, 6.45) is 1.82. The van der Waals surface area contributed by atoms with Crippen LogP contribution < -0.4 is 0 Å². The Labute approximate surface area is 107 Å². The topological polar surface area (TPSA) is 46.6 Å². The third-order valence-corrected chi connectivity index (χ3v) is 3.27. The molecule has 2 amide bonds. The smallest absolute Gasteiger partial charge is 0.416 e. The molecule has 0 saturated carbocycles. The highest BCUT2D eigenvalue weighted by atomic mass is 16.5. The maximum absolute atomic E-state index is 12.2. The lowest BCUT2D eigenvalue weighted by Crippen LogP contribution is -2.45. The summed E-state index contributed by atoms with van der Waals surface area (Å²) in [6.45, 7) is 0.469. The number of carbonyl (C=O) groups is 2. The van der Waals surface area contributed by atoms with Crippen LogP contribution in [0.4, 0.5) is 4.79 Å². The van der Waals surface area contributed by atoms with E-state index >= 15 is 0 Å². The molecule has 1 aromatic rings. The summed E-state index contributed by atoms with van der Waals surface area (Å²) in [7, 11) is 1.30. The standard InChI is InChI=1S/C14H17NO3/c1-18-14(17)15-9-5-8-12(13(15)16)10-11-6-3-2-4-7-11/h2-4,6-7,12H,5,8-10H2,1H3/t12-/m0/s1. The van der Waals surface area contributed by atoms with E-state index in [1.165, 1.54) is 12.0 Å². The average molecular weight is 247 g/mol. The van der Waals surface area contributed by atoms with Gasteiger partial charge < -0.3 is 4.74 Å². The van der Waals surface area contributed by atoms with Crippen molar-refractivity contribution in [2.24, 2.45) is 5.92 Å². The zero-order valence-corrected chi connectivity index (χ0v) is 10.5. The van der Waals surface area contributed by atoms with Crippen molar-refractivity contribution in [3.05, 3.63) is 35.9 Å². The van der Waals surface area contributed by atoms with Crippen LogP contribution in [0.15, 0.2) is 30.3 Å². The van der Waals surface area contributed by atoms with E-state index in [2.05, 4.69) is 4.74 Å². The Bertz CT molecular complexity index is 430. The summed E-state index contributed by atoms with van der Waals surface area (Å²) in [5.41, 5.74) is 1.13. The Morgan fingerprint density at radius 2 is 2.11 bits per heavy atom. The monoisotopic (exact) mass is 247 g/mol. The molecular weight excluding hydrogens is 230 g/mol. The van der Waals surface area contributed by atoms with Gasteiger partial charge in [-0.05, 0) is 24.8 Å². The second-order valence-corrected chi connectivity index (χ2v) is 4.49. The predicted molar refractivity (Wildman–Crippen MR) is 67.0 cm³/mol. The fourth-order valence-corrected chi connectivity index (χ4v) is 2.33. The van der Waals surface area contributed by atoms with E-state index in [1.807, 2.05) is 30.3 Å². The largest absolute Gasteiger partial charge is 0.452 e. The van der Waals surface area contributed by atoms with Crippen LogP contribution in [0, 0.1) is 5.92 Å². The fourth-order valence-electron chi connectivity index (χ4n) is 2.33. The summed E-state index contributed by atoms with van der Waals surface area (Å²) < 4.78 is 4.62. The fraction of sp³-hybridized carbons (Fsp3) is 0.429. The number of ether oxygens (including phenoxy) is 1. The molecule has 0 aliphatic carbocycles. The van der Waals surface area contributed by atoms with E-state index < -0.39 is 6.09 Å². The SMILES string of the molecule is COC(=O)N1CCC[C@@H](Cc2ccccc2)C1=O. The molecule has 1 heterocycles. The summed E-state index contributed by atoms with van der Waals surface area (Å²) in [4.78, 5) is 24.8. The molecule has 1 fully saturated rings. The first kappa shape index (κ1) is 12.6. The predicted octanol–water partition coefficient (Wildman–Crippen LogP) is 2.23. The van der Waals surface area contributed by atoms with Crippen molar-refractivity contribution in [1.82, 2.24) is 4.90 Å². The molecule has 4 nitrogen and oxygen atoms in total. The van der Waals surface area contributed by atoms with Crippen LogP contribution in [0.25, 0.3) is 0 Å².